The molecule has 2 saturated heterocycles. The number of rotatable bonds is 0. The molecule has 2 aliphatic rings. The van der Waals surface area contributed by atoms with Gasteiger partial charge in [-0.3, -0.25) is 0 Å². The minimum Gasteiger partial charge on any atom is -0.309 e. The number of nitrogens with one attached hydrogen (secondary N) is 1. The van der Waals surface area contributed by atoms with Gasteiger partial charge in [0.05, 0.1) is 0 Å². The van der Waals surface area contributed by atoms with Crippen molar-refractivity contribution >= 4 is 0 Å². The van der Waals surface area contributed by atoms with Crippen molar-refractivity contribution in [1.82, 2.24) is 10.6 Å². The second-order valence-corrected chi connectivity index (χ2v) is 3.08. The monoisotopic (exact) mass is 125 g/mol. The van der Waals surface area contributed by atoms with Gasteiger partial charge in [0.2, 0.25) is 0 Å². The number of piperazine rings is 1. The van der Waals surface area contributed by atoms with Gasteiger partial charge < -0.3 is 5.32 Å². The minimum atomic E-state index is 0.734. The van der Waals surface area contributed by atoms with E-state index in [4.69, 9.17) is 0 Å². The molecule has 1 radical (unpaired) electrons. The fourth-order valence-electron chi connectivity index (χ4n) is 1.78. The van der Waals surface area contributed by atoms with Gasteiger partial charge >= 0.3 is 0 Å². The lowest BCUT2D eigenvalue weighted by Gasteiger charge is -2.35. The maximum Gasteiger partial charge on any atom is 0.0288 e. The first-order chi connectivity index (χ1) is 4.45. The summed E-state index contributed by atoms with van der Waals surface area (Å²) in [5.41, 5.74) is 0. The average Bonchev–Trinajstić information content (AvgIpc) is 1.88. The molecule has 2 heteroatoms. The highest BCUT2D eigenvalue weighted by Gasteiger charge is 2.24. The van der Waals surface area contributed by atoms with E-state index in [1.54, 1.807) is 0 Å². The van der Waals surface area contributed by atoms with Gasteiger partial charge in [0.15, 0.2) is 0 Å². The van der Waals surface area contributed by atoms with Gasteiger partial charge in [-0.25, -0.2) is 5.32 Å². The summed E-state index contributed by atoms with van der Waals surface area (Å²) in [6.07, 6.45) is 4.11. The molecule has 9 heavy (non-hydrogen) atoms. The first-order valence-electron chi connectivity index (χ1n) is 3.84. The molecule has 2 atom stereocenters. The zero-order chi connectivity index (χ0) is 6.10. The molecule has 2 heterocycles. The Balaban J connectivity index is 1.96. The van der Waals surface area contributed by atoms with E-state index in [0.717, 1.165) is 25.2 Å². The van der Waals surface area contributed by atoms with Gasteiger partial charge in [-0.2, -0.15) is 0 Å². The van der Waals surface area contributed by atoms with E-state index in [1.165, 1.54) is 19.3 Å². The molecule has 0 aromatic heterocycles. The van der Waals surface area contributed by atoms with E-state index in [0.29, 0.717) is 0 Å². The topological polar surface area (TPSA) is 26.1 Å². The van der Waals surface area contributed by atoms with Crippen LogP contribution >= 0.6 is 0 Å². The van der Waals surface area contributed by atoms with Crippen LogP contribution in [0.3, 0.4) is 0 Å². The minimum absolute atomic E-state index is 0.734. The number of hydrogen-bond donors (Lipinski definition) is 1. The Morgan fingerprint density at radius 3 is 2.33 bits per heavy atom. The van der Waals surface area contributed by atoms with Crippen LogP contribution in [0, 0.1) is 0 Å². The van der Waals surface area contributed by atoms with Gasteiger partial charge in [0.25, 0.3) is 0 Å². The lowest BCUT2D eigenvalue weighted by molar-refractivity contribution is 0.256. The van der Waals surface area contributed by atoms with Crippen molar-refractivity contribution in [2.24, 2.45) is 0 Å². The fraction of sp³-hybridized carbons (Fsp3) is 1.00. The zero-order valence-corrected chi connectivity index (χ0v) is 5.64. The smallest absolute Gasteiger partial charge is 0.0288 e. The van der Waals surface area contributed by atoms with Crippen LogP contribution < -0.4 is 10.6 Å². The fourth-order valence-corrected chi connectivity index (χ4v) is 1.78. The van der Waals surface area contributed by atoms with Crippen LogP contribution in [0.1, 0.15) is 19.3 Å². The largest absolute Gasteiger partial charge is 0.309 e. The predicted molar refractivity (Wildman–Crippen MR) is 36.4 cm³/mol. The van der Waals surface area contributed by atoms with E-state index in [-0.39, 0.29) is 0 Å². The normalized spacial score (nSPS) is 42.7. The molecule has 2 unspecified atom stereocenters. The van der Waals surface area contributed by atoms with Gasteiger partial charge in [-0.15, -0.1) is 0 Å². The molecule has 0 amide bonds. The molecule has 0 aromatic rings. The number of fused-ring (bicyclic) bond motifs is 2. The van der Waals surface area contributed by atoms with E-state index >= 15 is 0 Å². The Kier molecular flexibility index (Phi) is 1.44. The third kappa shape index (κ3) is 1.10. The molecule has 0 spiro atoms. The molecule has 0 aliphatic carbocycles. The molecule has 51 valence electrons. The first kappa shape index (κ1) is 5.69. The molecule has 2 fully saturated rings. The molecule has 0 aromatic carbocycles. The molecular formula is C7H13N2. The number of hydrogen-bond acceptors (Lipinski definition) is 1. The molecule has 0 saturated carbocycles. The summed E-state index contributed by atoms with van der Waals surface area (Å²) in [5, 5.41) is 7.96. The highest BCUT2D eigenvalue weighted by atomic mass is 15.1. The van der Waals surface area contributed by atoms with Crippen molar-refractivity contribution in [2.75, 3.05) is 13.1 Å². The summed E-state index contributed by atoms with van der Waals surface area (Å²) in [7, 11) is 0. The average molecular weight is 125 g/mol. The second-order valence-electron chi connectivity index (χ2n) is 3.08. The molecular weight excluding hydrogens is 112 g/mol. The third-order valence-electron chi connectivity index (χ3n) is 2.28. The van der Waals surface area contributed by atoms with Crippen LogP contribution in [-0.4, -0.2) is 25.2 Å². The number of nitrogens with zero attached hydrogens (tertiary/aromatic N) is 1. The lowest BCUT2D eigenvalue weighted by atomic mass is 9.96. The van der Waals surface area contributed by atoms with Gasteiger partial charge in [-0.1, -0.05) is 6.42 Å². The van der Waals surface area contributed by atoms with Crippen molar-refractivity contribution in [3.8, 4) is 0 Å². The summed E-state index contributed by atoms with van der Waals surface area (Å²) in [6.45, 7) is 2.13. The van der Waals surface area contributed by atoms with Crippen molar-refractivity contribution < 1.29 is 0 Å². The van der Waals surface area contributed by atoms with E-state index in [1.807, 2.05) is 0 Å². The van der Waals surface area contributed by atoms with Crippen molar-refractivity contribution in [2.45, 2.75) is 31.3 Å². The Hall–Kier alpha value is -0.0800. The van der Waals surface area contributed by atoms with Crippen LogP contribution in [0.15, 0.2) is 0 Å². The molecule has 2 rings (SSSR count). The third-order valence-corrected chi connectivity index (χ3v) is 2.28. The Bertz CT molecular complexity index is 83.1. The van der Waals surface area contributed by atoms with Crippen LogP contribution in [-0.2, 0) is 0 Å². The van der Waals surface area contributed by atoms with Crippen LogP contribution in [0.5, 0.6) is 0 Å². The number of piperidine rings is 1. The van der Waals surface area contributed by atoms with Gasteiger partial charge in [0.1, 0.15) is 0 Å². The maximum absolute atomic E-state index is 4.40. The zero-order valence-electron chi connectivity index (χ0n) is 5.64. The van der Waals surface area contributed by atoms with Gasteiger partial charge in [0, 0.05) is 25.2 Å². The van der Waals surface area contributed by atoms with Crippen molar-refractivity contribution in [3.63, 3.8) is 0 Å². The molecule has 1 N–H and O–H groups in total. The summed E-state index contributed by atoms with van der Waals surface area (Å²) >= 11 is 0. The summed E-state index contributed by atoms with van der Waals surface area (Å²) < 4.78 is 0. The van der Waals surface area contributed by atoms with Crippen molar-refractivity contribution in [3.05, 3.63) is 0 Å². The molecule has 2 bridgehead atoms. The standard InChI is InChI=1S/C7H13N2/c1-2-6-4-8-5-7(3-1)9-6/h6-7,9H,1-5H2. The summed E-state index contributed by atoms with van der Waals surface area (Å²) in [5.74, 6) is 0. The predicted octanol–water partition coefficient (Wildman–Crippen LogP) is 0.115. The highest BCUT2D eigenvalue weighted by molar-refractivity contribution is 4.87. The Labute approximate surface area is 56.0 Å². The highest BCUT2D eigenvalue weighted by Crippen LogP contribution is 2.14. The Morgan fingerprint density at radius 2 is 1.78 bits per heavy atom. The maximum atomic E-state index is 4.40. The van der Waals surface area contributed by atoms with E-state index in [2.05, 4.69) is 10.6 Å². The first-order valence-corrected chi connectivity index (χ1v) is 3.84. The summed E-state index contributed by atoms with van der Waals surface area (Å²) in [6, 6.07) is 1.47. The van der Waals surface area contributed by atoms with Crippen LogP contribution in [0.2, 0.25) is 0 Å². The van der Waals surface area contributed by atoms with Crippen molar-refractivity contribution in [1.29, 1.82) is 0 Å². The Morgan fingerprint density at radius 1 is 1.11 bits per heavy atom. The van der Waals surface area contributed by atoms with Crippen LogP contribution in [0.4, 0.5) is 0 Å². The van der Waals surface area contributed by atoms with Gasteiger partial charge in [-0.05, 0) is 12.8 Å². The lowest BCUT2D eigenvalue weighted by Crippen LogP contribution is -2.54. The van der Waals surface area contributed by atoms with Crippen LogP contribution in [0.25, 0.3) is 0 Å². The molecule has 2 aliphatic heterocycles. The van der Waals surface area contributed by atoms with E-state index in [9.17, 15) is 0 Å². The van der Waals surface area contributed by atoms with E-state index < -0.39 is 0 Å². The summed E-state index contributed by atoms with van der Waals surface area (Å²) in [4.78, 5) is 0. The quantitative estimate of drug-likeness (QED) is 0.489. The second kappa shape index (κ2) is 2.27. The molecule has 2 nitrogen and oxygen atoms in total. The SMILES string of the molecule is C1CC2C[N]CC(C1)N2.